The molecule has 0 N–H and O–H groups in total. The van der Waals surface area contributed by atoms with E-state index in [0.717, 1.165) is 0 Å². The van der Waals surface area contributed by atoms with Crippen LogP contribution in [0.3, 0.4) is 0 Å². The molecule has 13 heavy (non-hydrogen) atoms. The Labute approximate surface area is 96.2 Å². The van der Waals surface area contributed by atoms with Gasteiger partial charge in [-0.25, -0.2) is 0 Å². The van der Waals surface area contributed by atoms with Gasteiger partial charge in [0, 0.05) is 0 Å². The van der Waals surface area contributed by atoms with Crippen molar-refractivity contribution in [2.24, 2.45) is 0 Å². The third-order valence-electron chi connectivity index (χ3n) is 2.31. The highest BCUT2D eigenvalue weighted by atomic mass is 79.9. The lowest BCUT2D eigenvalue weighted by Gasteiger charge is -1.97. The summed E-state index contributed by atoms with van der Waals surface area (Å²) in [5, 5.41) is 0. The molecule has 0 spiro atoms. The predicted octanol–water partition coefficient (Wildman–Crippen LogP) is 4.72. The lowest BCUT2D eigenvalue weighted by molar-refractivity contribution is 0.672. The van der Waals surface area contributed by atoms with Crippen LogP contribution in [0.25, 0.3) is 0 Å². The molecule has 0 aliphatic carbocycles. The molecule has 0 saturated carbocycles. The zero-order valence-electron chi connectivity index (χ0n) is 7.51. The van der Waals surface area contributed by atoms with Gasteiger partial charge < -0.3 is 0 Å². The van der Waals surface area contributed by atoms with E-state index >= 15 is 0 Å². The van der Waals surface area contributed by atoms with E-state index in [9.17, 15) is 0 Å². The van der Waals surface area contributed by atoms with Crippen molar-refractivity contribution in [3.8, 4) is 0 Å². The molecule has 1 aliphatic heterocycles. The van der Waals surface area contributed by atoms with Gasteiger partial charge in [-0.1, -0.05) is 12.8 Å². The Morgan fingerprint density at radius 2 is 2.00 bits per heavy atom. The fraction of sp³-hybridized carbons (Fsp3) is 0.600. The first-order valence-corrected chi connectivity index (χ1v) is 7.37. The first kappa shape index (κ1) is 10.1. The molecular formula is C10H13BrS2. The monoisotopic (exact) mass is 276 g/mol. The Kier molecular flexibility index (Phi) is 3.75. The van der Waals surface area contributed by atoms with E-state index in [0.29, 0.717) is 0 Å². The Morgan fingerprint density at radius 1 is 1.15 bits per heavy atom. The zero-order valence-corrected chi connectivity index (χ0v) is 10.7. The Morgan fingerprint density at radius 3 is 2.92 bits per heavy atom. The van der Waals surface area contributed by atoms with Crippen LogP contribution in [0.5, 0.6) is 0 Å². The van der Waals surface area contributed by atoms with E-state index in [1.54, 1.807) is 9.77 Å². The molecule has 1 aliphatic rings. The summed E-state index contributed by atoms with van der Waals surface area (Å²) in [5.41, 5.74) is 1.57. The average Bonchev–Trinajstić information content (AvgIpc) is 2.46. The van der Waals surface area contributed by atoms with E-state index in [1.807, 2.05) is 23.1 Å². The quantitative estimate of drug-likeness (QED) is 0.661. The second-order valence-corrected chi connectivity index (χ2v) is 7.17. The molecule has 0 fully saturated rings. The molecule has 0 atom stereocenters. The number of rotatable bonds is 0. The van der Waals surface area contributed by atoms with Gasteiger partial charge in [-0.05, 0) is 52.6 Å². The summed E-state index contributed by atoms with van der Waals surface area (Å²) in [5.74, 6) is 1.31. The maximum atomic E-state index is 3.57. The van der Waals surface area contributed by atoms with E-state index in [4.69, 9.17) is 0 Å². The minimum atomic E-state index is 1.28. The van der Waals surface area contributed by atoms with Crippen LogP contribution in [0.4, 0.5) is 0 Å². The van der Waals surface area contributed by atoms with E-state index < -0.39 is 0 Å². The highest BCUT2D eigenvalue weighted by Crippen LogP contribution is 2.37. The summed E-state index contributed by atoms with van der Waals surface area (Å²) in [7, 11) is 0. The molecule has 0 radical (unpaired) electrons. The van der Waals surface area contributed by atoms with Crippen LogP contribution in [0, 0.1) is 0 Å². The number of aryl methyl sites for hydroxylation is 1. The summed E-state index contributed by atoms with van der Waals surface area (Å²) in [6.07, 6.45) is 6.87. The maximum Gasteiger partial charge on any atom is 0.0713 e. The number of thiophene rings is 1. The first-order valence-electron chi connectivity index (χ1n) is 4.77. The molecule has 0 unspecified atom stereocenters. The number of thioether (sulfide) groups is 1. The smallest absolute Gasteiger partial charge is 0.0713 e. The fourth-order valence-corrected chi connectivity index (χ4v) is 5.00. The summed E-state index contributed by atoms with van der Waals surface area (Å²) in [6, 6.07) is 2.30. The molecule has 0 bridgehead atoms. The van der Waals surface area contributed by atoms with Crippen LogP contribution >= 0.6 is 39.0 Å². The summed E-state index contributed by atoms with van der Waals surface area (Å²) < 4.78 is 2.85. The standard InChI is InChI=1S/C10H13BrS2/c11-9-7-8-5-3-1-2-4-6-12-10(8)13-9/h7H,1-6H2. The lowest BCUT2D eigenvalue weighted by Crippen LogP contribution is -1.82. The Hall–Kier alpha value is 0.530. The van der Waals surface area contributed by atoms with Crippen molar-refractivity contribution in [1.82, 2.24) is 0 Å². The van der Waals surface area contributed by atoms with Gasteiger partial charge in [0.2, 0.25) is 0 Å². The highest BCUT2D eigenvalue weighted by molar-refractivity contribution is 9.11. The Balaban J connectivity index is 2.16. The van der Waals surface area contributed by atoms with Crippen LogP contribution in [0.15, 0.2) is 14.1 Å². The number of fused-ring (bicyclic) bond motifs is 1. The third kappa shape index (κ3) is 2.74. The number of halogens is 1. The lowest BCUT2D eigenvalue weighted by atomic mass is 10.1. The summed E-state index contributed by atoms with van der Waals surface area (Å²) >= 11 is 7.52. The van der Waals surface area contributed by atoms with Crippen LogP contribution in [-0.2, 0) is 6.42 Å². The van der Waals surface area contributed by atoms with Gasteiger partial charge in [0.1, 0.15) is 0 Å². The SMILES string of the molecule is Brc1cc2c(s1)SCCCCCC2. The molecule has 0 nitrogen and oxygen atoms in total. The fourth-order valence-electron chi connectivity index (χ4n) is 1.61. The molecule has 1 aromatic heterocycles. The Bertz CT molecular complexity index is 255. The topological polar surface area (TPSA) is 0 Å². The second-order valence-electron chi connectivity index (χ2n) is 3.38. The third-order valence-corrected chi connectivity index (χ3v) is 5.41. The van der Waals surface area contributed by atoms with E-state index in [1.165, 1.54) is 41.6 Å². The zero-order chi connectivity index (χ0) is 9.10. The minimum absolute atomic E-state index is 1.28. The van der Waals surface area contributed by atoms with Gasteiger partial charge in [0.05, 0.1) is 8.00 Å². The molecule has 1 aromatic rings. The summed E-state index contributed by atoms with van der Waals surface area (Å²) in [6.45, 7) is 0. The normalized spacial score (nSPS) is 18.5. The van der Waals surface area contributed by atoms with Crippen molar-refractivity contribution in [3.63, 3.8) is 0 Å². The molecule has 72 valence electrons. The van der Waals surface area contributed by atoms with Crippen molar-refractivity contribution < 1.29 is 0 Å². The van der Waals surface area contributed by atoms with Crippen molar-refractivity contribution in [1.29, 1.82) is 0 Å². The number of hydrogen-bond acceptors (Lipinski definition) is 2. The largest absolute Gasteiger partial charge is 0.122 e. The van der Waals surface area contributed by atoms with Gasteiger partial charge in [-0.15, -0.1) is 23.1 Å². The van der Waals surface area contributed by atoms with E-state index in [2.05, 4.69) is 22.0 Å². The van der Waals surface area contributed by atoms with Crippen molar-refractivity contribution in [2.75, 3.05) is 5.75 Å². The number of hydrogen-bond donors (Lipinski definition) is 0. The van der Waals surface area contributed by atoms with Crippen molar-refractivity contribution in [2.45, 2.75) is 36.3 Å². The van der Waals surface area contributed by atoms with Crippen LogP contribution in [-0.4, -0.2) is 5.75 Å². The molecule has 2 heterocycles. The van der Waals surface area contributed by atoms with Crippen molar-refractivity contribution in [3.05, 3.63) is 15.4 Å². The second kappa shape index (κ2) is 4.85. The maximum absolute atomic E-state index is 3.57. The minimum Gasteiger partial charge on any atom is -0.122 e. The van der Waals surface area contributed by atoms with Gasteiger partial charge in [0.25, 0.3) is 0 Å². The summed E-state index contributed by atoms with van der Waals surface area (Å²) in [4.78, 5) is 0. The highest BCUT2D eigenvalue weighted by Gasteiger charge is 2.09. The van der Waals surface area contributed by atoms with Gasteiger partial charge in [-0.3, -0.25) is 0 Å². The van der Waals surface area contributed by atoms with Crippen LogP contribution in [0.2, 0.25) is 0 Å². The first-order chi connectivity index (χ1) is 6.36. The molecule has 0 saturated heterocycles. The molecular weight excluding hydrogens is 264 g/mol. The van der Waals surface area contributed by atoms with Crippen LogP contribution < -0.4 is 0 Å². The molecule has 0 aromatic carbocycles. The molecule has 2 rings (SSSR count). The molecule has 3 heteroatoms. The van der Waals surface area contributed by atoms with Gasteiger partial charge >= 0.3 is 0 Å². The predicted molar refractivity (Wildman–Crippen MR) is 64.9 cm³/mol. The molecule has 0 amide bonds. The van der Waals surface area contributed by atoms with Gasteiger partial charge in [0.15, 0.2) is 0 Å². The van der Waals surface area contributed by atoms with Crippen LogP contribution in [0.1, 0.15) is 31.2 Å². The van der Waals surface area contributed by atoms with Gasteiger partial charge in [-0.2, -0.15) is 0 Å². The van der Waals surface area contributed by atoms with Crippen molar-refractivity contribution >= 4 is 39.0 Å². The van der Waals surface area contributed by atoms with E-state index in [-0.39, 0.29) is 0 Å². The average molecular weight is 277 g/mol.